The monoisotopic (exact) mass is 214 g/mol. The van der Waals surface area contributed by atoms with Gasteiger partial charge in [-0.15, -0.1) is 0 Å². The van der Waals surface area contributed by atoms with Gasteiger partial charge in [0.15, 0.2) is 0 Å². The number of halogens is 3. The summed E-state index contributed by atoms with van der Waals surface area (Å²) in [4.78, 5) is 10.5. The third-order valence-corrected chi connectivity index (χ3v) is 1.70. The molecule has 0 aliphatic carbocycles. The quantitative estimate of drug-likeness (QED) is 0.651. The molecule has 3 nitrogen and oxygen atoms in total. The van der Waals surface area contributed by atoms with Gasteiger partial charge in [0.2, 0.25) is 0 Å². The molecule has 0 aliphatic heterocycles. The minimum absolute atomic E-state index is 0.0185. The molecule has 2 atom stereocenters. The predicted molar refractivity (Wildman–Crippen MR) is 42.9 cm³/mol. The van der Waals surface area contributed by atoms with Crippen molar-refractivity contribution < 1.29 is 27.4 Å². The maximum Gasteiger partial charge on any atom is 0.347 e. The number of alkyl halides is 3. The summed E-state index contributed by atoms with van der Waals surface area (Å²) >= 11 is 0. The molecule has 0 aromatic carbocycles. The number of esters is 1. The molecule has 0 rings (SSSR count). The normalized spacial score (nSPS) is 16.1. The van der Waals surface area contributed by atoms with Crippen LogP contribution in [0, 0.1) is 0 Å². The number of hydrogen-bond donors (Lipinski definition) is 0. The second kappa shape index (κ2) is 5.19. The maximum atomic E-state index is 13.0. The second-order valence-electron chi connectivity index (χ2n) is 2.66. The third-order valence-electron chi connectivity index (χ3n) is 1.70. The van der Waals surface area contributed by atoms with Gasteiger partial charge in [-0.2, -0.15) is 8.78 Å². The summed E-state index contributed by atoms with van der Waals surface area (Å²) in [5.74, 6) is -5.47. The van der Waals surface area contributed by atoms with Gasteiger partial charge in [0.1, 0.15) is 6.10 Å². The van der Waals surface area contributed by atoms with Gasteiger partial charge >= 0.3 is 11.9 Å². The molecule has 0 spiro atoms. The predicted octanol–water partition coefficient (Wildman–Crippen LogP) is 1.56. The van der Waals surface area contributed by atoms with E-state index < -0.39 is 24.2 Å². The van der Waals surface area contributed by atoms with Crippen molar-refractivity contribution in [3.05, 3.63) is 0 Å². The molecule has 0 radical (unpaired) electrons. The van der Waals surface area contributed by atoms with Gasteiger partial charge in [0.05, 0.1) is 7.11 Å². The molecule has 0 N–H and O–H groups in total. The molecule has 0 fully saturated rings. The number of carbonyl (C=O) groups excluding carboxylic acids is 1. The van der Waals surface area contributed by atoms with Gasteiger partial charge in [-0.05, 0) is 13.8 Å². The first-order valence-corrected chi connectivity index (χ1v) is 4.09. The molecule has 6 heteroatoms. The molecule has 14 heavy (non-hydrogen) atoms. The van der Waals surface area contributed by atoms with E-state index in [2.05, 4.69) is 9.47 Å². The van der Waals surface area contributed by atoms with Crippen LogP contribution in [-0.4, -0.2) is 37.9 Å². The number of carbonyl (C=O) groups is 1. The summed E-state index contributed by atoms with van der Waals surface area (Å²) in [7, 11) is 0.844. The van der Waals surface area contributed by atoms with E-state index in [9.17, 15) is 18.0 Å². The van der Waals surface area contributed by atoms with Gasteiger partial charge in [-0.25, -0.2) is 9.18 Å². The van der Waals surface area contributed by atoms with Crippen LogP contribution in [0.3, 0.4) is 0 Å². The van der Waals surface area contributed by atoms with Crippen molar-refractivity contribution in [2.45, 2.75) is 32.0 Å². The average Bonchev–Trinajstić information content (AvgIpc) is 2.15. The Morgan fingerprint density at radius 2 is 2.00 bits per heavy atom. The fourth-order valence-corrected chi connectivity index (χ4v) is 0.828. The van der Waals surface area contributed by atoms with Crippen molar-refractivity contribution in [3.8, 4) is 0 Å². The van der Waals surface area contributed by atoms with Crippen LogP contribution >= 0.6 is 0 Å². The van der Waals surface area contributed by atoms with E-state index in [-0.39, 0.29) is 6.61 Å². The van der Waals surface area contributed by atoms with Crippen molar-refractivity contribution in [1.82, 2.24) is 0 Å². The van der Waals surface area contributed by atoms with Crippen LogP contribution < -0.4 is 0 Å². The van der Waals surface area contributed by atoms with Crippen LogP contribution in [0.15, 0.2) is 0 Å². The Kier molecular flexibility index (Phi) is 4.90. The standard InChI is InChI=1S/C8H13F3O3/c1-4-14-5(2)8(10,11)6(9)7(12)13-3/h5-6H,4H2,1-3H3/t5-,6-/m1/s1. The average molecular weight is 214 g/mol. The van der Waals surface area contributed by atoms with E-state index in [0.29, 0.717) is 0 Å². The summed E-state index contributed by atoms with van der Waals surface area (Å²) in [5, 5.41) is 0. The van der Waals surface area contributed by atoms with Crippen molar-refractivity contribution in [1.29, 1.82) is 0 Å². The lowest BCUT2D eigenvalue weighted by molar-refractivity contribution is -0.189. The van der Waals surface area contributed by atoms with Crippen LogP contribution in [0.1, 0.15) is 13.8 Å². The summed E-state index contributed by atoms with van der Waals surface area (Å²) in [6, 6.07) is 0. The molecule has 0 aliphatic rings. The first-order valence-electron chi connectivity index (χ1n) is 4.09. The molecule has 0 unspecified atom stereocenters. The molecule has 0 heterocycles. The highest BCUT2D eigenvalue weighted by Crippen LogP contribution is 2.28. The number of hydrogen-bond acceptors (Lipinski definition) is 3. The highest BCUT2D eigenvalue weighted by molar-refractivity contribution is 5.75. The SMILES string of the molecule is CCO[C@H](C)C(F)(F)[C@H](F)C(=O)OC. The van der Waals surface area contributed by atoms with Crippen molar-refractivity contribution in [3.63, 3.8) is 0 Å². The fraction of sp³-hybridized carbons (Fsp3) is 0.875. The third kappa shape index (κ3) is 2.87. The van der Waals surface area contributed by atoms with Crippen molar-refractivity contribution in [2.75, 3.05) is 13.7 Å². The molecule has 0 aromatic heterocycles. The fourth-order valence-electron chi connectivity index (χ4n) is 0.828. The Morgan fingerprint density at radius 1 is 1.50 bits per heavy atom. The molecule has 0 saturated carbocycles. The number of ether oxygens (including phenoxy) is 2. The Labute approximate surface area is 80.2 Å². The van der Waals surface area contributed by atoms with E-state index >= 15 is 0 Å². The first kappa shape index (κ1) is 13.2. The van der Waals surface area contributed by atoms with E-state index in [0.717, 1.165) is 14.0 Å². The van der Waals surface area contributed by atoms with Gasteiger partial charge in [-0.1, -0.05) is 0 Å². The summed E-state index contributed by atoms with van der Waals surface area (Å²) < 4.78 is 47.3. The number of methoxy groups -OCH3 is 1. The first-order chi connectivity index (χ1) is 6.37. The van der Waals surface area contributed by atoms with Crippen molar-refractivity contribution in [2.24, 2.45) is 0 Å². The molecular weight excluding hydrogens is 201 g/mol. The lowest BCUT2D eigenvalue weighted by Crippen LogP contribution is -2.46. The molecule has 0 saturated heterocycles. The van der Waals surface area contributed by atoms with Crippen LogP contribution in [0.25, 0.3) is 0 Å². The van der Waals surface area contributed by atoms with Crippen LogP contribution in [0.5, 0.6) is 0 Å². The van der Waals surface area contributed by atoms with E-state index in [1.54, 1.807) is 0 Å². The minimum Gasteiger partial charge on any atom is -0.467 e. The zero-order valence-electron chi connectivity index (χ0n) is 8.22. The largest absolute Gasteiger partial charge is 0.467 e. The van der Waals surface area contributed by atoms with Crippen molar-refractivity contribution >= 4 is 5.97 Å². The highest BCUT2D eigenvalue weighted by Gasteiger charge is 2.51. The number of rotatable bonds is 5. The lowest BCUT2D eigenvalue weighted by atomic mass is 10.1. The Bertz CT molecular complexity index is 196. The Morgan fingerprint density at radius 3 is 2.36 bits per heavy atom. The molecule has 84 valence electrons. The highest BCUT2D eigenvalue weighted by atomic mass is 19.3. The summed E-state index contributed by atoms with van der Waals surface area (Å²) in [6.45, 7) is 2.52. The lowest BCUT2D eigenvalue weighted by Gasteiger charge is -2.24. The topological polar surface area (TPSA) is 35.5 Å². The van der Waals surface area contributed by atoms with Gasteiger partial charge < -0.3 is 9.47 Å². The Balaban J connectivity index is 4.50. The summed E-state index contributed by atoms with van der Waals surface area (Å²) in [6.07, 6.45) is -4.66. The molecule has 0 aromatic rings. The summed E-state index contributed by atoms with van der Waals surface area (Å²) in [5.41, 5.74) is 0. The molecule has 0 bridgehead atoms. The molecule has 0 amide bonds. The van der Waals surface area contributed by atoms with Crippen LogP contribution in [0.4, 0.5) is 13.2 Å². The van der Waals surface area contributed by atoms with Crippen LogP contribution in [0.2, 0.25) is 0 Å². The zero-order chi connectivity index (χ0) is 11.4. The second-order valence-corrected chi connectivity index (χ2v) is 2.66. The Hall–Kier alpha value is -0.780. The van der Waals surface area contributed by atoms with E-state index in [1.165, 1.54) is 6.92 Å². The van der Waals surface area contributed by atoms with Gasteiger partial charge in [0, 0.05) is 6.61 Å². The minimum atomic E-state index is -3.87. The van der Waals surface area contributed by atoms with E-state index in [4.69, 9.17) is 0 Å². The van der Waals surface area contributed by atoms with Gasteiger partial charge in [-0.3, -0.25) is 0 Å². The maximum absolute atomic E-state index is 13.0. The van der Waals surface area contributed by atoms with E-state index in [1.807, 2.05) is 0 Å². The van der Waals surface area contributed by atoms with Crippen LogP contribution in [-0.2, 0) is 14.3 Å². The molecular formula is C8H13F3O3. The van der Waals surface area contributed by atoms with Gasteiger partial charge in [0.25, 0.3) is 6.17 Å². The zero-order valence-corrected chi connectivity index (χ0v) is 8.22. The smallest absolute Gasteiger partial charge is 0.347 e.